The number of hydrogen-bond donors (Lipinski definition) is 1. The third-order valence-electron chi connectivity index (χ3n) is 4.10. The van der Waals surface area contributed by atoms with Gasteiger partial charge in [0.25, 0.3) is 0 Å². The van der Waals surface area contributed by atoms with Crippen LogP contribution >= 0.6 is 0 Å². The number of unbranched alkanes of at least 4 members (excludes halogenated alkanes) is 5. The lowest BCUT2D eigenvalue weighted by Crippen LogP contribution is -2.34. The average Bonchev–Trinajstić information content (AvgIpc) is 2.36. The molecule has 0 aliphatic carbocycles. The Morgan fingerprint density at radius 3 is 2.14 bits per heavy atom. The number of ether oxygens (including phenoxy) is 1. The van der Waals surface area contributed by atoms with Crippen LogP contribution < -0.4 is 5.73 Å². The van der Waals surface area contributed by atoms with Gasteiger partial charge >= 0.3 is 0 Å². The molecule has 0 heterocycles. The van der Waals surface area contributed by atoms with Crippen molar-refractivity contribution in [1.29, 1.82) is 0 Å². The van der Waals surface area contributed by atoms with Crippen molar-refractivity contribution in [3.05, 3.63) is 0 Å². The summed E-state index contributed by atoms with van der Waals surface area (Å²) in [7, 11) is 0. The fraction of sp³-hybridized carbons (Fsp3) is 1.00. The molecule has 1 atom stereocenters. The zero-order valence-corrected chi connectivity index (χ0v) is 15.4. The van der Waals surface area contributed by atoms with Crippen LogP contribution in [-0.2, 0) is 4.74 Å². The van der Waals surface area contributed by atoms with Gasteiger partial charge in [-0.25, -0.2) is 0 Å². The summed E-state index contributed by atoms with van der Waals surface area (Å²) in [5.41, 5.74) is 6.18. The van der Waals surface area contributed by atoms with Gasteiger partial charge in [-0.05, 0) is 39.0 Å². The molecule has 0 aliphatic rings. The second kappa shape index (κ2) is 12.5. The Bertz CT molecular complexity index is 226. The van der Waals surface area contributed by atoms with Gasteiger partial charge in [-0.3, -0.25) is 0 Å². The molecule has 21 heavy (non-hydrogen) atoms. The molecule has 2 nitrogen and oxygen atoms in total. The SMILES string of the molecule is CCCCCCCCOC(C)(C)CC(N)CCCC(C)C. The predicted molar refractivity (Wildman–Crippen MR) is 94.7 cm³/mol. The van der Waals surface area contributed by atoms with E-state index in [1.807, 2.05) is 0 Å². The van der Waals surface area contributed by atoms with Crippen molar-refractivity contribution in [3.8, 4) is 0 Å². The van der Waals surface area contributed by atoms with Gasteiger partial charge in [0, 0.05) is 12.6 Å². The van der Waals surface area contributed by atoms with E-state index in [9.17, 15) is 0 Å². The lowest BCUT2D eigenvalue weighted by Gasteiger charge is -2.28. The maximum atomic E-state index is 6.25. The second-order valence-electron chi connectivity index (χ2n) is 7.66. The summed E-state index contributed by atoms with van der Waals surface area (Å²) in [4.78, 5) is 0. The van der Waals surface area contributed by atoms with Crippen molar-refractivity contribution in [2.75, 3.05) is 6.61 Å². The number of rotatable bonds is 14. The first-order valence-corrected chi connectivity index (χ1v) is 9.27. The third-order valence-corrected chi connectivity index (χ3v) is 4.10. The van der Waals surface area contributed by atoms with Crippen molar-refractivity contribution >= 4 is 0 Å². The Morgan fingerprint density at radius 2 is 1.52 bits per heavy atom. The molecule has 0 saturated carbocycles. The zero-order chi connectivity index (χ0) is 16.1. The van der Waals surface area contributed by atoms with Gasteiger partial charge in [0.05, 0.1) is 5.60 Å². The molecule has 128 valence electrons. The Hall–Kier alpha value is -0.0800. The maximum Gasteiger partial charge on any atom is 0.0641 e. The van der Waals surface area contributed by atoms with E-state index in [1.54, 1.807) is 0 Å². The van der Waals surface area contributed by atoms with E-state index in [1.165, 1.54) is 51.4 Å². The van der Waals surface area contributed by atoms with Crippen molar-refractivity contribution in [1.82, 2.24) is 0 Å². The lowest BCUT2D eigenvalue weighted by molar-refractivity contribution is -0.0297. The average molecular weight is 300 g/mol. The molecule has 0 aromatic rings. The highest BCUT2D eigenvalue weighted by molar-refractivity contribution is 4.76. The summed E-state index contributed by atoms with van der Waals surface area (Å²) in [6.45, 7) is 12.1. The minimum absolute atomic E-state index is 0.0688. The highest BCUT2D eigenvalue weighted by atomic mass is 16.5. The van der Waals surface area contributed by atoms with Crippen LogP contribution in [0.25, 0.3) is 0 Å². The van der Waals surface area contributed by atoms with Gasteiger partial charge in [0.15, 0.2) is 0 Å². The molecule has 0 fully saturated rings. The Kier molecular flexibility index (Phi) is 12.4. The molecule has 0 amide bonds. The highest BCUT2D eigenvalue weighted by Gasteiger charge is 2.21. The monoisotopic (exact) mass is 299 g/mol. The smallest absolute Gasteiger partial charge is 0.0641 e. The fourth-order valence-corrected chi connectivity index (χ4v) is 2.81. The van der Waals surface area contributed by atoms with Crippen LogP contribution in [0.4, 0.5) is 0 Å². The van der Waals surface area contributed by atoms with Gasteiger partial charge in [0.1, 0.15) is 0 Å². The topological polar surface area (TPSA) is 35.2 Å². The summed E-state index contributed by atoms with van der Waals surface area (Å²) in [5.74, 6) is 0.786. The largest absolute Gasteiger partial charge is 0.376 e. The first kappa shape index (κ1) is 20.9. The summed E-state index contributed by atoms with van der Waals surface area (Å²) < 4.78 is 6.05. The zero-order valence-electron chi connectivity index (χ0n) is 15.4. The van der Waals surface area contributed by atoms with E-state index < -0.39 is 0 Å². The summed E-state index contributed by atoms with van der Waals surface area (Å²) in [6, 6.07) is 0.281. The molecule has 0 saturated heterocycles. The molecule has 0 radical (unpaired) electrons. The second-order valence-corrected chi connectivity index (χ2v) is 7.66. The molecule has 0 aromatic heterocycles. The Morgan fingerprint density at radius 1 is 0.905 bits per heavy atom. The quantitative estimate of drug-likeness (QED) is 0.418. The molecular weight excluding hydrogens is 258 g/mol. The normalized spacial score (nSPS) is 13.9. The predicted octanol–water partition coefficient (Wildman–Crippen LogP) is 5.69. The van der Waals surface area contributed by atoms with Crippen LogP contribution in [0.1, 0.15) is 98.8 Å². The Labute approximate surface area is 134 Å². The molecule has 0 aliphatic heterocycles. The molecule has 2 N–H and O–H groups in total. The van der Waals surface area contributed by atoms with E-state index in [0.29, 0.717) is 0 Å². The van der Waals surface area contributed by atoms with Crippen LogP contribution in [0.15, 0.2) is 0 Å². The van der Waals surface area contributed by atoms with Crippen molar-refractivity contribution in [2.45, 2.75) is 110 Å². The lowest BCUT2D eigenvalue weighted by atomic mass is 9.94. The molecule has 0 aromatic carbocycles. The molecular formula is C19H41NO. The molecule has 0 spiro atoms. The van der Waals surface area contributed by atoms with Gasteiger partial charge in [-0.2, -0.15) is 0 Å². The van der Waals surface area contributed by atoms with Crippen molar-refractivity contribution in [2.24, 2.45) is 11.7 Å². The van der Waals surface area contributed by atoms with Crippen molar-refractivity contribution < 1.29 is 4.74 Å². The first-order chi connectivity index (χ1) is 9.87. The van der Waals surface area contributed by atoms with Crippen LogP contribution in [0.5, 0.6) is 0 Å². The van der Waals surface area contributed by atoms with Gasteiger partial charge in [-0.15, -0.1) is 0 Å². The van der Waals surface area contributed by atoms with Gasteiger partial charge in [0.2, 0.25) is 0 Å². The summed E-state index contributed by atoms with van der Waals surface area (Å²) >= 11 is 0. The van der Waals surface area contributed by atoms with Crippen LogP contribution in [-0.4, -0.2) is 18.2 Å². The number of hydrogen-bond acceptors (Lipinski definition) is 2. The van der Waals surface area contributed by atoms with Crippen LogP contribution in [0, 0.1) is 5.92 Å². The van der Waals surface area contributed by atoms with E-state index >= 15 is 0 Å². The van der Waals surface area contributed by atoms with Crippen LogP contribution in [0.3, 0.4) is 0 Å². The summed E-state index contributed by atoms with van der Waals surface area (Å²) in [6.07, 6.45) is 12.5. The Balaban J connectivity index is 3.62. The number of nitrogens with two attached hydrogens (primary N) is 1. The fourth-order valence-electron chi connectivity index (χ4n) is 2.81. The third kappa shape index (κ3) is 14.6. The first-order valence-electron chi connectivity index (χ1n) is 9.27. The molecule has 0 bridgehead atoms. The highest BCUT2D eigenvalue weighted by Crippen LogP contribution is 2.20. The minimum Gasteiger partial charge on any atom is -0.376 e. The molecule has 2 heteroatoms. The van der Waals surface area contributed by atoms with Gasteiger partial charge in [-0.1, -0.05) is 65.7 Å². The standard InChI is InChI=1S/C19H41NO/c1-6-7-8-9-10-11-15-21-19(4,5)16-18(20)14-12-13-17(2)3/h17-18H,6-16,20H2,1-5H3. The van der Waals surface area contributed by atoms with E-state index in [0.717, 1.165) is 25.4 Å². The molecule has 0 rings (SSSR count). The van der Waals surface area contributed by atoms with E-state index in [2.05, 4.69) is 34.6 Å². The van der Waals surface area contributed by atoms with Crippen LogP contribution in [0.2, 0.25) is 0 Å². The molecule has 1 unspecified atom stereocenters. The van der Waals surface area contributed by atoms with Gasteiger partial charge < -0.3 is 10.5 Å². The summed E-state index contributed by atoms with van der Waals surface area (Å²) in [5, 5.41) is 0. The van der Waals surface area contributed by atoms with Crippen molar-refractivity contribution in [3.63, 3.8) is 0 Å². The van der Waals surface area contributed by atoms with E-state index in [4.69, 9.17) is 10.5 Å². The minimum atomic E-state index is -0.0688. The maximum absolute atomic E-state index is 6.25. The van der Waals surface area contributed by atoms with E-state index in [-0.39, 0.29) is 11.6 Å².